The third kappa shape index (κ3) is 33.5. The van der Waals surface area contributed by atoms with Gasteiger partial charge in [-0.2, -0.15) is 0 Å². The Morgan fingerprint density at radius 2 is 0.327 bits per heavy atom. The van der Waals surface area contributed by atoms with Gasteiger partial charge in [-0.05, 0) is 0 Å². The van der Waals surface area contributed by atoms with Crippen LogP contribution in [0.5, 0.6) is 0 Å². The van der Waals surface area contributed by atoms with Gasteiger partial charge in [-0.15, -0.1) is 0 Å². The minimum Gasteiger partial charge on any atom is -0.726 e. The van der Waals surface area contributed by atoms with E-state index in [1.54, 1.807) is 0 Å². The molecule has 4 aliphatic heterocycles. The van der Waals surface area contributed by atoms with Crippen LogP contribution in [-0.2, 0) is 237 Å². The molecule has 0 aromatic heterocycles. The maximum absolute atomic E-state index is 12.6. The van der Waals surface area contributed by atoms with Crippen molar-refractivity contribution >= 4 is 146 Å². The van der Waals surface area contributed by atoms with E-state index in [9.17, 15) is 182 Å². The van der Waals surface area contributed by atoms with Gasteiger partial charge in [0.1, 0.15) is 73.2 Å². The Hall–Kier alpha value is -2.10. The van der Waals surface area contributed by atoms with E-state index in [1.165, 1.54) is 0 Å². The summed E-state index contributed by atoms with van der Waals surface area (Å²) < 4.78 is 596. The van der Waals surface area contributed by atoms with Gasteiger partial charge in [0.2, 0.25) is 152 Å². The molecule has 0 radical (unpaired) electrons. The molecule has 4 rings (SSSR count). The van der Waals surface area contributed by atoms with Crippen molar-refractivity contribution < 1.29 is 273 Å². The molecule has 600 valence electrons. The largest absolute Gasteiger partial charge is 0.726 e. The van der Waals surface area contributed by atoms with Crippen molar-refractivity contribution in [3.8, 4) is 0 Å². The summed E-state index contributed by atoms with van der Waals surface area (Å²) in [5.41, 5.74) is 0. The van der Waals surface area contributed by atoms with Crippen LogP contribution in [0.1, 0.15) is 0 Å². The molecule has 63 nitrogen and oxygen atoms in total. The summed E-state index contributed by atoms with van der Waals surface area (Å²) in [7, 11) is -95.4. The zero-order valence-electron chi connectivity index (χ0n) is 45.8. The van der Waals surface area contributed by atoms with E-state index >= 15 is 0 Å². The van der Waals surface area contributed by atoms with Crippen molar-refractivity contribution in [3.63, 3.8) is 0 Å². The fourth-order valence-corrected chi connectivity index (χ4v) is 14.3. The lowest BCUT2D eigenvalue weighted by molar-refractivity contribution is -0.377. The highest BCUT2D eigenvalue weighted by Crippen LogP contribution is 2.42. The van der Waals surface area contributed by atoms with E-state index in [0.29, 0.717) is 0 Å². The number of ether oxygens (including phenoxy) is 7. The minimum atomic E-state index is -7.17. The SMILES string of the molecule is O=S(=O)([O-])OC[C@H]1O[C@@H](O[C@H]2[C@H](OS(=O)(=O)[O-])[C@@H](OS(=O)(=O)[O-])[C@H](OS(=O)(=O)[O-])O[C@@H]2COS(=O)(=O)[O-])[C@H](OS(=O)(=O)[O-])[C@@H](OS(=O)(=O)[O-])[C@@H]1O[C@@H]1O[C@H](COS(=O)(=O)[O-])[C@@H](O[C@@H]2O[C@H](COS(=O)(=O)[O-])[C@@H](OS(=O)(=O)[O-])[C@H](OS(=O)(=O)[O-])[C@H]2OS(=O)(=O)[O-])[C@H](OS(=O)(=O)[O-])[C@H]1OS(=O)(=O)[O-]. The normalized spacial score (nSPS) is 32.5. The molecule has 4 saturated heterocycles. The predicted octanol–water partition coefficient (Wildman–Crippen LogP) is -17.0. The highest BCUT2D eigenvalue weighted by molar-refractivity contribution is 7.83. The third-order valence-electron chi connectivity index (χ3n) is 11.0. The fraction of sp³-hybridized carbons (Fsp3) is 1.00. The van der Waals surface area contributed by atoms with Crippen molar-refractivity contribution in [1.82, 2.24) is 0 Å². The van der Waals surface area contributed by atoms with E-state index in [0.717, 1.165) is 0 Å². The van der Waals surface area contributed by atoms with Crippen molar-refractivity contribution in [2.75, 3.05) is 26.4 Å². The number of hydrogen-bond acceptors (Lipinski definition) is 63. The molecule has 0 spiro atoms. The number of hydrogen-bond donors (Lipinski definition) is 0. The van der Waals surface area contributed by atoms with Crippen LogP contribution in [0.3, 0.4) is 0 Å². The number of rotatable bonds is 38. The molecular formula is C24H28O63S14-14. The molecule has 0 unspecified atom stereocenters. The molecule has 0 N–H and O–H groups in total. The zero-order valence-corrected chi connectivity index (χ0v) is 57.2. The van der Waals surface area contributed by atoms with Crippen LogP contribution in [0.2, 0.25) is 0 Å². The maximum atomic E-state index is 12.6. The highest BCUT2D eigenvalue weighted by Gasteiger charge is 2.61. The quantitative estimate of drug-likeness (QED) is 0.0409. The first kappa shape index (κ1) is 91.3. The molecule has 101 heavy (non-hydrogen) atoms. The lowest BCUT2D eigenvalue weighted by Gasteiger charge is -2.52. The molecule has 0 aromatic carbocycles. The van der Waals surface area contributed by atoms with Gasteiger partial charge in [0.25, 0.3) is 0 Å². The Morgan fingerprint density at radius 1 is 0.178 bits per heavy atom. The van der Waals surface area contributed by atoms with Crippen molar-refractivity contribution in [1.29, 1.82) is 0 Å². The Kier molecular flexibility index (Phi) is 29.8. The second kappa shape index (κ2) is 33.0. The first-order valence-corrected chi connectivity index (χ1v) is 41.8. The lowest BCUT2D eigenvalue weighted by atomic mass is 9.95. The molecule has 4 fully saturated rings. The molecule has 4 heterocycles. The van der Waals surface area contributed by atoms with Crippen LogP contribution in [-0.4, -0.2) is 331 Å². The molecule has 0 aromatic rings. The molecule has 0 aliphatic carbocycles. The fourth-order valence-electron chi connectivity index (χ4n) is 8.32. The smallest absolute Gasteiger partial charge is 0.220 e. The summed E-state index contributed by atoms with van der Waals surface area (Å²) >= 11 is 0. The van der Waals surface area contributed by atoms with E-state index in [2.05, 4.69) is 63.3 Å². The monoisotopic (exact) mass is 1770 g/mol. The zero-order chi connectivity index (χ0) is 78.2. The molecule has 20 atom stereocenters. The van der Waals surface area contributed by atoms with Gasteiger partial charge in [-0.1, -0.05) is 0 Å². The Morgan fingerprint density at radius 3 is 0.515 bits per heavy atom. The topological polar surface area (TPSA) is 995 Å². The first-order valence-electron chi connectivity index (χ1n) is 23.1. The predicted molar refractivity (Wildman–Crippen MR) is 254 cm³/mol. The van der Waals surface area contributed by atoms with E-state index in [-0.39, 0.29) is 0 Å². The average molecular weight is 1770 g/mol. The summed E-state index contributed by atoms with van der Waals surface area (Å²) in [6.07, 6.45) is -78.0. The van der Waals surface area contributed by atoms with Crippen molar-refractivity contribution in [3.05, 3.63) is 0 Å². The highest BCUT2D eigenvalue weighted by atomic mass is 32.3. The second-order valence-electron chi connectivity index (χ2n) is 18.0. The van der Waals surface area contributed by atoms with Gasteiger partial charge < -0.3 is 96.9 Å². The van der Waals surface area contributed by atoms with Crippen LogP contribution in [0.15, 0.2) is 0 Å². The molecule has 0 saturated carbocycles. The second-order valence-corrected chi connectivity index (χ2v) is 32.3. The Balaban J connectivity index is 2.20. The van der Waals surface area contributed by atoms with Crippen LogP contribution >= 0.6 is 0 Å². The lowest BCUT2D eigenvalue weighted by Crippen LogP contribution is -2.69. The van der Waals surface area contributed by atoms with E-state index < -0.39 is 295 Å². The van der Waals surface area contributed by atoms with Gasteiger partial charge >= 0.3 is 0 Å². The summed E-state index contributed by atoms with van der Waals surface area (Å²) in [5.74, 6) is 0. The summed E-state index contributed by atoms with van der Waals surface area (Å²) in [6.45, 7) is -10.0. The van der Waals surface area contributed by atoms with Gasteiger partial charge in [0.05, 0.1) is 26.4 Å². The van der Waals surface area contributed by atoms with Gasteiger partial charge in [0, 0.05) is 0 Å². The summed E-state index contributed by atoms with van der Waals surface area (Å²) in [6, 6.07) is 0. The molecule has 4 aliphatic rings. The molecule has 77 heteroatoms. The molecule has 0 amide bonds. The van der Waals surface area contributed by atoms with Crippen LogP contribution < -0.4 is 0 Å². The van der Waals surface area contributed by atoms with Crippen LogP contribution in [0.4, 0.5) is 0 Å². The standard InChI is InChI=1S/C24H42O63S14/c25-88(26,27)67-1-5-9(13(79-93(40,41)42)18(84-98(55,56)57)22(72-5)77-11-7(3-69-90(31,32)33)74-24(87-101(64,65)66)20(86-100(61,62)63)15(11)81-95(46,47)48)75-21-17(83-97(52,53)54)14(80-94(43,44)45)10(6(71-21)2-68-89(28,29)30)76-23-19(85-99(58,59)60)16(82-96(49,50)51)12(78-92(37,38)39)8(73-23)4-70-91(34,35)36/h5-24H,1-4H2,(H,25,26,27)(H,28,29,30)(H,31,32,33)(H,34,35,36)(H,37,38,39)(H,40,41,42)(H,43,44,45)(H,46,47,48)(H,49,50,51)(H,52,53,54)(H,55,56,57)(H,58,59,60)(H,61,62,63)(H,64,65,66)/p-14/t5-,6-,7-,8-,9-,10-,11-,12-,13+,14+,15+,16+,17-,18-,19-,20-,21+,22+,23+,24+/m1/s1. The summed E-state index contributed by atoms with van der Waals surface area (Å²) in [4.78, 5) is 0. The van der Waals surface area contributed by atoms with Crippen molar-refractivity contribution in [2.45, 2.75) is 123 Å². The van der Waals surface area contributed by atoms with E-state index in [1.807, 2.05) is 0 Å². The third-order valence-corrected chi connectivity index (χ3v) is 17.3. The summed E-state index contributed by atoms with van der Waals surface area (Å²) in [5, 5.41) is 0. The van der Waals surface area contributed by atoms with Crippen LogP contribution in [0.25, 0.3) is 0 Å². The maximum Gasteiger partial charge on any atom is 0.220 e. The van der Waals surface area contributed by atoms with Gasteiger partial charge in [-0.3, -0.25) is 54.4 Å². The Bertz CT molecular complexity index is 4610. The minimum absolute atomic E-state index is 2.39. The Labute approximate surface area is 564 Å². The van der Waals surface area contributed by atoms with Gasteiger partial charge in [-0.25, -0.2) is 122 Å². The van der Waals surface area contributed by atoms with Crippen LogP contribution in [0, 0.1) is 0 Å². The van der Waals surface area contributed by atoms with Gasteiger partial charge in [0.15, 0.2) is 43.3 Å². The van der Waals surface area contributed by atoms with E-state index in [4.69, 9.17) is 28.4 Å². The molecule has 0 bridgehead atoms. The average Bonchev–Trinajstić information content (AvgIpc) is 0.756. The van der Waals surface area contributed by atoms with Crippen molar-refractivity contribution in [2.24, 2.45) is 0 Å². The molecular weight excluding hydrogens is 1750 g/mol. The first-order chi connectivity index (χ1) is 44.7.